The second-order valence-corrected chi connectivity index (χ2v) is 4.88. The first kappa shape index (κ1) is 16.2. The number of benzene rings is 2. The van der Waals surface area contributed by atoms with E-state index in [1.807, 2.05) is 42.5 Å². The number of nitrogens with one attached hydrogen (secondary N) is 1. The van der Waals surface area contributed by atoms with E-state index >= 15 is 0 Å². The molecule has 0 fully saturated rings. The Bertz CT molecular complexity index is 779. The van der Waals surface area contributed by atoms with Crippen molar-refractivity contribution in [2.75, 3.05) is 5.32 Å². The fourth-order valence-corrected chi connectivity index (χ4v) is 2.00. The van der Waals surface area contributed by atoms with Crippen LogP contribution >= 0.6 is 0 Å². The molecule has 1 amide bonds. The molecule has 0 heterocycles. The highest BCUT2D eigenvalue weighted by Crippen LogP contribution is 2.15. The largest absolute Gasteiger partial charge is 0.326 e. The molecule has 5 nitrogen and oxygen atoms in total. The van der Waals surface area contributed by atoms with Gasteiger partial charge in [-0.15, -0.1) is 0 Å². The summed E-state index contributed by atoms with van der Waals surface area (Å²) in [5, 5.41) is 13.4. The number of anilines is 1. The lowest BCUT2D eigenvalue weighted by atomic mass is 10.1. The molecule has 0 saturated carbocycles. The van der Waals surface area contributed by atoms with E-state index in [4.69, 9.17) is 0 Å². The summed E-state index contributed by atoms with van der Waals surface area (Å²) in [5.74, 6) is -0.114. The molecule has 0 aromatic heterocycles. The van der Waals surface area contributed by atoms with Crippen LogP contribution in [0.2, 0.25) is 0 Å². The van der Waals surface area contributed by atoms with Crippen LogP contribution in [0, 0.1) is 10.1 Å². The molecule has 5 heteroatoms. The van der Waals surface area contributed by atoms with Crippen molar-refractivity contribution in [1.29, 1.82) is 0 Å². The number of nitrogens with zero attached hydrogens (tertiary/aromatic N) is 1. The van der Waals surface area contributed by atoms with Crippen molar-refractivity contribution in [3.05, 3.63) is 81.9 Å². The Balaban J connectivity index is 2.05. The maximum atomic E-state index is 11.0. The van der Waals surface area contributed by atoms with Crippen LogP contribution < -0.4 is 5.32 Å². The number of nitro groups is 1. The average molecular weight is 308 g/mol. The fraction of sp³-hybridized carbons (Fsp3) is 0.0556. The van der Waals surface area contributed by atoms with Gasteiger partial charge in [-0.25, -0.2) is 0 Å². The van der Waals surface area contributed by atoms with Gasteiger partial charge in [0.1, 0.15) is 0 Å². The molecule has 0 bridgehead atoms. The zero-order valence-corrected chi connectivity index (χ0v) is 12.6. The summed E-state index contributed by atoms with van der Waals surface area (Å²) in [6, 6.07) is 13.9. The standard InChI is InChI=1S/C18H16N2O3/c1-14(21)19-17-10-4-8-15(12-17)6-2-3-7-16-9-5-11-18(13-16)20(22)23/h2-13H,1H3,(H,19,21)/b6-2+,7-3-. The maximum absolute atomic E-state index is 11.0. The number of amides is 1. The van der Waals surface area contributed by atoms with Crippen LogP contribution in [0.15, 0.2) is 60.7 Å². The molecular formula is C18H16N2O3. The van der Waals surface area contributed by atoms with Crippen LogP contribution in [0.3, 0.4) is 0 Å². The third kappa shape index (κ3) is 5.24. The van der Waals surface area contributed by atoms with Crippen molar-refractivity contribution in [1.82, 2.24) is 0 Å². The number of carbonyl (C=O) groups is 1. The highest BCUT2D eigenvalue weighted by molar-refractivity contribution is 5.89. The van der Waals surface area contributed by atoms with Gasteiger partial charge in [-0.05, 0) is 23.3 Å². The van der Waals surface area contributed by atoms with Crippen LogP contribution in [-0.2, 0) is 4.79 Å². The lowest BCUT2D eigenvalue weighted by Crippen LogP contribution is -2.05. The summed E-state index contributed by atoms with van der Waals surface area (Å²) in [5.41, 5.74) is 2.51. The SMILES string of the molecule is CC(=O)Nc1cccc(/C=C/C=C\c2cccc([N+](=O)[O-])c2)c1. The summed E-state index contributed by atoms with van der Waals surface area (Å²) in [6.45, 7) is 1.46. The van der Waals surface area contributed by atoms with Gasteiger partial charge in [-0.3, -0.25) is 14.9 Å². The lowest BCUT2D eigenvalue weighted by molar-refractivity contribution is -0.384. The van der Waals surface area contributed by atoms with Crippen LogP contribution in [0.1, 0.15) is 18.1 Å². The minimum Gasteiger partial charge on any atom is -0.326 e. The summed E-state index contributed by atoms with van der Waals surface area (Å²) in [6.07, 6.45) is 7.33. The van der Waals surface area contributed by atoms with E-state index in [0.29, 0.717) is 0 Å². The minimum absolute atomic E-state index is 0.0686. The molecule has 0 aliphatic heterocycles. The summed E-state index contributed by atoms with van der Waals surface area (Å²) in [7, 11) is 0. The van der Waals surface area contributed by atoms with Gasteiger partial charge >= 0.3 is 0 Å². The van der Waals surface area contributed by atoms with Gasteiger partial charge in [0.15, 0.2) is 0 Å². The van der Waals surface area contributed by atoms with Crippen molar-refractivity contribution in [2.45, 2.75) is 6.92 Å². The van der Waals surface area contributed by atoms with Crippen molar-refractivity contribution in [2.24, 2.45) is 0 Å². The van der Waals surface area contributed by atoms with E-state index in [9.17, 15) is 14.9 Å². The number of hydrogen-bond acceptors (Lipinski definition) is 3. The first-order chi connectivity index (χ1) is 11.0. The number of rotatable bonds is 5. The fourth-order valence-electron chi connectivity index (χ4n) is 2.00. The Hall–Kier alpha value is -3.21. The quantitative estimate of drug-likeness (QED) is 0.509. The number of hydrogen-bond donors (Lipinski definition) is 1. The van der Waals surface area contributed by atoms with Crippen molar-refractivity contribution in [3.63, 3.8) is 0 Å². The third-order valence-electron chi connectivity index (χ3n) is 2.98. The number of nitro benzene ring substituents is 1. The van der Waals surface area contributed by atoms with Crippen LogP contribution in [0.5, 0.6) is 0 Å². The van der Waals surface area contributed by atoms with Crippen molar-refractivity contribution < 1.29 is 9.72 Å². The first-order valence-electron chi connectivity index (χ1n) is 7.01. The minimum atomic E-state index is -0.416. The van der Waals surface area contributed by atoms with E-state index in [-0.39, 0.29) is 11.6 Å². The van der Waals surface area contributed by atoms with Crippen LogP contribution in [0.4, 0.5) is 11.4 Å². The van der Waals surface area contributed by atoms with Crippen molar-refractivity contribution in [3.8, 4) is 0 Å². The Kier molecular flexibility index (Phi) is 5.41. The second kappa shape index (κ2) is 7.70. The first-order valence-corrected chi connectivity index (χ1v) is 7.01. The maximum Gasteiger partial charge on any atom is 0.270 e. The number of non-ortho nitro benzene ring substituents is 1. The van der Waals surface area contributed by atoms with E-state index in [1.165, 1.54) is 19.1 Å². The highest BCUT2D eigenvalue weighted by atomic mass is 16.6. The van der Waals surface area contributed by atoms with Crippen molar-refractivity contribution >= 4 is 29.4 Å². The van der Waals surface area contributed by atoms with Gasteiger partial charge in [0, 0.05) is 24.7 Å². The predicted octanol–water partition coefficient (Wildman–Crippen LogP) is 4.28. The predicted molar refractivity (Wildman–Crippen MR) is 91.9 cm³/mol. The Morgan fingerprint density at radius 3 is 2.26 bits per heavy atom. The molecule has 2 aromatic rings. The normalized spacial score (nSPS) is 11.0. The monoisotopic (exact) mass is 308 g/mol. The van der Waals surface area contributed by atoms with Crippen LogP contribution in [-0.4, -0.2) is 10.8 Å². The molecule has 0 saturated heterocycles. The molecule has 0 atom stereocenters. The van der Waals surface area contributed by atoms with Gasteiger partial charge in [-0.1, -0.05) is 48.6 Å². The van der Waals surface area contributed by atoms with Gasteiger partial charge in [0.2, 0.25) is 5.91 Å². The zero-order valence-electron chi connectivity index (χ0n) is 12.6. The van der Waals surface area contributed by atoms with E-state index in [2.05, 4.69) is 5.32 Å². The van der Waals surface area contributed by atoms with Crippen LogP contribution in [0.25, 0.3) is 12.2 Å². The topological polar surface area (TPSA) is 72.2 Å². The van der Waals surface area contributed by atoms with E-state index in [1.54, 1.807) is 18.2 Å². The highest BCUT2D eigenvalue weighted by Gasteiger charge is 2.03. The summed E-state index contributed by atoms with van der Waals surface area (Å²) < 4.78 is 0. The Morgan fingerprint density at radius 2 is 1.65 bits per heavy atom. The molecule has 0 spiro atoms. The second-order valence-electron chi connectivity index (χ2n) is 4.88. The lowest BCUT2D eigenvalue weighted by Gasteiger charge is -2.02. The zero-order chi connectivity index (χ0) is 16.7. The third-order valence-corrected chi connectivity index (χ3v) is 2.98. The number of allylic oxidation sites excluding steroid dienone is 2. The molecular weight excluding hydrogens is 292 g/mol. The molecule has 0 aliphatic carbocycles. The molecule has 1 N–H and O–H groups in total. The summed E-state index contributed by atoms with van der Waals surface area (Å²) in [4.78, 5) is 21.3. The molecule has 2 aromatic carbocycles. The van der Waals surface area contributed by atoms with E-state index < -0.39 is 4.92 Å². The van der Waals surface area contributed by atoms with Gasteiger partial charge < -0.3 is 5.32 Å². The Morgan fingerprint density at radius 1 is 1.04 bits per heavy atom. The smallest absolute Gasteiger partial charge is 0.270 e. The van der Waals surface area contributed by atoms with Gasteiger partial charge in [-0.2, -0.15) is 0 Å². The molecule has 116 valence electrons. The van der Waals surface area contributed by atoms with E-state index in [0.717, 1.165) is 16.8 Å². The summed E-state index contributed by atoms with van der Waals surface area (Å²) >= 11 is 0. The number of carbonyl (C=O) groups excluding carboxylic acids is 1. The van der Waals surface area contributed by atoms with Gasteiger partial charge in [0.05, 0.1) is 4.92 Å². The molecule has 0 unspecified atom stereocenters. The molecule has 2 rings (SSSR count). The average Bonchev–Trinajstić information content (AvgIpc) is 2.51. The molecule has 0 aliphatic rings. The molecule has 0 radical (unpaired) electrons. The molecule has 23 heavy (non-hydrogen) atoms. The Labute approximate surface area is 134 Å². The van der Waals surface area contributed by atoms with Gasteiger partial charge in [0.25, 0.3) is 5.69 Å².